The number of rotatable bonds is 2. The van der Waals surface area contributed by atoms with Crippen LogP contribution in [0.1, 0.15) is 22.8 Å². The van der Waals surface area contributed by atoms with E-state index in [2.05, 4.69) is 10.2 Å². The van der Waals surface area contributed by atoms with E-state index in [1.165, 1.54) is 0 Å². The maximum absolute atomic E-state index is 4.69. The van der Waals surface area contributed by atoms with Crippen molar-refractivity contribution in [3.8, 4) is 11.6 Å². The Morgan fingerprint density at radius 2 is 1.12 bits per heavy atom. The average molecular weight is 318 g/mol. The van der Waals surface area contributed by atoms with Crippen LogP contribution >= 0.6 is 0 Å². The van der Waals surface area contributed by atoms with Crippen molar-refractivity contribution in [2.45, 2.75) is 27.7 Å². The van der Waals surface area contributed by atoms with Crippen LogP contribution in [0.2, 0.25) is 0 Å². The normalized spacial score (nSPS) is 11.3. The van der Waals surface area contributed by atoms with E-state index in [4.69, 9.17) is 9.97 Å². The van der Waals surface area contributed by atoms with Crippen LogP contribution in [0, 0.1) is 27.7 Å². The minimum Gasteiger partial charge on any atom is -0.219 e. The molecule has 4 aromatic rings. The molecule has 0 saturated carbocycles. The molecule has 0 atom stereocenters. The van der Waals surface area contributed by atoms with Crippen LogP contribution in [0.5, 0.6) is 0 Å². The lowest BCUT2D eigenvalue weighted by Gasteiger charge is -2.07. The highest BCUT2D eigenvalue weighted by Gasteiger charge is 2.09. The van der Waals surface area contributed by atoms with Gasteiger partial charge in [0.15, 0.2) is 17.3 Å². The van der Waals surface area contributed by atoms with Gasteiger partial charge in [-0.05, 0) is 64.1 Å². The topological polar surface area (TPSA) is 61.4 Å². The Kier molecular flexibility index (Phi) is 3.19. The first-order valence-corrected chi connectivity index (χ1v) is 7.86. The lowest BCUT2D eigenvalue weighted by molar-refractivity contribution is 0.800. The fourth-order valence-corrected chi connectivity index (χ4v) is 2.94. The first kappa shape index (κ1) is 14.6. The van der Waals surface area contributed by atoms with Crippen molar-refractivity contribution in [2.75, 3.05) is 0 Å². The summed E-state index contributed by atoms with van der Waals surface area (Å²) in [5.74, 6) is 1.54. The molecule has 6 heteroatoms. The smallest absolute Gasteiger partial charge is 0.164 e. The number of fused-ring (bicyclic) bond motifs is 1. The monoisotopic (exact) mass is 318 g/mol. The third kappa shape index (κ3) is 2.36. The first-order chi connectivity index (χ1) is 11.5. The molecule has 4 aromatic heterocycles. The van der Waals surface area contributed by atoms with Gasteiger partial charge in [0, 0.05) is 16.8 Å². The van der Waals surface area contributed by atoms with E-state index < -0.39 is 0 Å². The predicted octanol–water partition coefficient (Wildman–Crippen LogP) is 3.23. The van der Waals surface area contributed by atoms with E-state index in [0.29, 0.717) is 5.65 Å². The summed E-state index contributed by atoms with van der Waals surface area (Å²) in [6.07, 6.45) is 0. The molecule has 0 N–H and O–H groups in total. The molecule has 6 nitrogen and oxygen atoms in total. The molecule has 0 aliphatic carbocycles. The molecule has 0 bridgehead atoms. The number of nitrogens with zero attached hydrogens (tertiary/aromatic N) is 6. The zero-order valence-electron chi connectivity index (χ0n) is 14.1. The number of aromatic nitrogens is 6. The molecule has 0 spiro atoms. The van der Waals surface area contributed by atoms with Crippen molar-refractivity contribution < 1.29 is 0 Å². The molecule has 4 heterocycles. The summed E-state index contributed by atoms with van der Waals surface area (Å²) < 4.78 is 3.68. The number of hydrogen-bond acceptors (Lipinski definition) is 4. The van der Waals surface area contributed by atoms with Crippen molar-refractivity contribution in [1.82, 2.24) is 29.5 Å². The average Bonchev–Trinajstić information content (AvgIpc) is 3.07. The van der Waals surface area contributed by atoms with Crippen molar-refractivity contribution in [2.24, 2.45) is 0 Å². The van der Waals surface area contributed by atoms with Crippen LogP contribution in [0.4, 0.5) is 0 Å². The second-order valence-corrected chi connectivity index (χ2v) is 6.06. The van der Waals surface area contributed by atoms with E-state index in [1.807, 2.05) is 73.5 Å². The van der Waals surface area contributed by atoms with Gasteiger partial charge >= 0.3 is 0 Å². The molecule has 0 saturated heterocycles. The standard InChI is InChI=1S/C18H18N6/c1-11-9-13(3)23(21-11)16-7-5-15-6-8-17(20-18(15)19-16)24-14(4)10-12(2)22-24/h5-10H,1-4H3. The molecule has 0 aliphatic rings. The van der Waals surface area contributed by atoms with Crippen LogP contribution in [0.3, 0.4) is 0 Å². The molecule has 24 heavy (non-hydrogen) atoms. The second-order valence-electron chi connectivity index (χ2n) is 6.06. The van der Waals surface area contributed by atoms with Gasteiger partial charge in [0.2, 0.25) is 0 Å². The minimum atomic E-state index is 0.685. The highest BCUT2D eigenvalue weighted by molar-refractivity contribution is 5.76. The van der Waals surface area contributed by atoms with Crippen molar-refractivity contribution >= 4 is 11.0 Å². The molecule has 0 fully saturated rings. The van der Waals surface area contributed by atoms with E-state index in [0.717, 1.165) is 39.8 Å². The van der Waals surface area contributed by atoms with Crippen LogP contribution < -0.4 is 0 Å². The fraction of sp³-hybridized carbons (Fsp3) is 0.222. The number of hydrogen-bond donors (Lipinski definition) is 0. The summed E-state index contributed by atoms with van der Waals surface area (Å²) in [5.41, 5.74) is 4.73. The molecule has 0 aliphatic heterocycles. The fourth-order valence-electron chi connectivity index (χ4n) is 2.94. The van der Waals surface area contributed by atoms with Gasteiger partial charge in [-0.2, -0.15) is 10.2 Å². The zero-order valence-corrected chi connectivity index (χ0v) is 14.1. The lowest BCUT2D eigenvalue weighted by Crippen LogP contribution is -2.05. The Balaban J connectivity index is 1.86. The highest BCUT2D eigenvalue weighted by Crippen LogP contribution is 2.18. The molecular formula is C18H18N6. The number of aryl methyl sites for hydroxylation is 4. The quantitative estimate of drug-likeness (QED) is 0.569. The third-order valence-corrected chi connectivity index (χ3v) is 3.98. The SMILES string of the molecule is Cc1cc(C)n(-c2ccc3ccc(-n4nc(C)cc4C)nc3n2)n1. The Hall–Kier alpha value is -3.02. The summed E-state index contributed by atoms with van der Waals surface area (Å²) in [7, 11) is 0. The van der Waals surface area contributed by atoms with Gasteiger partial charge in [0.1, 0.15) is 0 Å². The van der Waals surface area contributed by atoms with E-state index in [1.54, 1.807) is 0 Å². The lowest BCUT2D eigenvalue weighted by atomic mass is 10.3. The van der Waals surface area contributed by atoms with E-state index in [-0.39, 0.29) is 0 Å². The minimum absolute atomic E-state index is 0.685. The Labute approximate surface area is 139 Å². The van der Waals surface area contributed by atoms with Gasteiger partial charge in [-0.1, -0.05) is 0 Å². The van der Waals surface area contributed by atoms with Gasteiger partial charge in [0.25, 0.3) is 0 Å². The van der Waals surface area contributed by atoms with Gasteiger partial charge in [-0.15, -0.1) is 0 Å². The largest absolute Gasteiger partial charge is 0.219 e. The predicted molar refractivity (Wildman–Crippen MR) is 92.7 cm³/mol. The summed E-state index contributed by atoms with van der Waals surface area (Å²) in [6.45, 7) is 7.99. The van der Waals surface area contributed by atoms with Gasteiger partial charge in [-0.3, -0.25) is 0 Å². The van der Waals surface area contributed by atoms with Crippen LogP contribution in [0.25, 0.3) is 22.7 Å². The van der Waals surface area contributed by atoms with Crippen molar-refractivity contribution in [3.63, 3.8) is 0 Å². The van der Waals surface area contributed by atoms with Crippen molar-refractivity contribution in [1.29, 1.82) is 0 Å². The molecule has 4 rings (SSSR count). The Morgan fingerprint density at radius 3 is 1.50 bits per heavy atom. The summed E-state index contributed by atoms with van der Waals surface area (Å²) in [4.78, 5) is 9.38. The second kappa shape index (κ2) is 5.26. The Bertz CT molecular complexity index is 976. The van der Waals surface area contributed by atoms with E-state index in [9.17, 15) is 0 Å². The zero-order chi connectivity index (χ0) is 16.8. The highest BCUT2D eigenvalue weighted by atomic mass is 15.3. The molecule has 120 valence electrons. The van der Waals surface area contributed by atoms with Crippen LogP contribution in [-0.2, 0) is 0 Å². The molecule has 0 aromatic carbocycles. The van der Waals surface area contributed by atoms with Crippen molar-refractivity contribution in [3.05, 3.63) is 59.2 Å². The summed E-state index contributed by atoms with van der Waals surface area (Å²) in [5, 5.41) is 9.98. The molecular weight excluding hydrogens is 300 g/mol. The molecule has 0 amide bonds. The van der Waals surface area contributed by atoms with Crippen LogP contribution in [0.15, 0.2) is 36.4 Å². The maximum Gasteiger partial charge on any atom is 0.164 e. The summed E-state index contributed by atoms with van der Waals surface area (Å²) >= 11 is 0. The summed E-state index contributed by atoms with van der Waals surface area (Å²) in [6, 6.07) is 12.0. The van der Waals surface area contributed by atoms with E-state index >= 15 is 0 Å². The first-order valence-electron chi connectivity index (χ1n) is 7.86. The van der Waals surface area contributed by atoms with Gasteiger partial charge < -0.3 is 0 Å². The number of pyridine rings is 2. The molecule has 0 radical (unpaired) electrons. The maximum atomic E-state index is 4.69. The third-order valence-electron chi connectivity index (χ3n) is 3.98. The Morgan fingerprint density at radius 1 is 0.667 bits per heavy atom. The molecule has 0 unspecified atom stereocenters. The van der Waals surface area contributed by atoms with Gasteiger partial charge in [-0.25, -0.2) is 19.3 Å². The van der Waals surface area contributed by atoms with Gasteiger partial charge in [0.05, 0.1) is 11.4 Å². The van der Waals surface area contributed by atoms with Crippen LogP contribution in [-0.4, -0.2) is 29.5 Å².